The van der Waals surface area contributed by atoms with E-state index in [1.165, 1.54) is 10.3 Å². The quantitative estimate of drug-likeness (QED) is 0.808. The van der Waals surface area contributed by atoms with Crippen LogP contribution >= 0.6 is 11.3 Å². The second-order valence-electron chi connectivity index (χ2n) is 3.41. The Morgan fingerprint density at radius 1 is 1.47 bits per heavy atom. The minimum atomic E-state index is 0.703. The van der Waals surface area contributed by atoms with E-state index >= 15 is 0 Å². The van der Waals surface area contributed by atoms with Gasteiger partial charge in [-0.3, -0.25) is 0 Å². The summed E-state index contributed by atoms with van der Waals surface area (Å²) in [4.78, 5) is 4.50. The van der Waals surface area contributed by atoms with Crippen LogP contribution in [-0.2, 0) is 4.74 Å². The standard InChI is InChI=1S/C11H14N2OS/c1-8-3-4-10-9(7-8)13-11(15-10)12-5-6-14-2/h3-4,7H,5-6H2,1-2H3,(H,12,13). The van der Waals surface area contributed by atoms with E-state index in [1.54, 1.807) is 18.4 Å². The summed E-state index contributed by atoms with van der Waals surface area (Å²) in [5.41, 5.74) is 2.32. The van der Waals surface area contributed by atoms with Crippen LogP contribution in [0.4, 0.5) is 5.13 Å². The van der Waals surface area contributed by atoms with Crippen LogP contribution in [0.25, 0.3) is 10.2 Å². The van der Waals surface area contributed by atoms with E-state index in [1.807, 2.05) is 0 Å². The zero-order valence-electron chi connectivity index (χ0n) is 8.91. The van der Waals surface area contributed by atoms with E-state index in [9.17, 15) is 0 Å². The number of hydrogen-bond donors (Lipinski definition) is 1. The van der Waals surface area contributed by atoms with Gasteiger partial charge in [-0.05, 0) is 24.6 Å². The van der Waals surface area contributed by atoms with Crippen LogP contribution in [0.5, 0.6) is 0 Å². The molecule has 1 heterocycles. The van der Waals surface area contributed by atoms with Gasteiger partial charge in [0.15, 0.2) is 5.13 Å². The lowest BCUT2D eigenvalue weighted by Gasteiger charge is -1.99. The van der Waals surface area contributed by atoms with E-state index in [0.29, 0.717) is 6.61 Å². The van der Waals surface area contributed by atoms with Crippen molar-refractivity contribution >= 4 is 26.7 Å². The molecule has 0 radical (unpaired) electrons. The number of ether oxygens (including phenoxy) is 1. The van der Waals surface area contributed by atoms with Gasteiger partial charge < -0.3 is 10.1 Å². The topological polar surface area (TPSA) is 34.1 Å². The molecule has 0 spiro atoms. The number of anilines is 1. The lowest BCUT2D eigenvalue weighted by molar-refractivity contribution is 0.211. The van der Waals surface area contributed by atoms with Gasteiger partial charge in [-0.2, -0.15) is 0 Å². The summed E-state index contributed by atoms with van der Waals surface area (Å²) in [7, 11) is 1.70. The summed E-state index contributed by atoms with van der Waals surface area (Å²) in [6.45, 7) is 3.58. The molecule has 0 fully saturated rings. The highest BCUT2D eigenvalue weighted by Gasteiger charge is 2.02. The Kier molecular flexibility index (Phi) is 3.18. The summed E-state index contributed by atoms with van der Waals surface area (Å²) in [6.07, 6.45) is 0. The van der Waals surface area contributed by atoms with Gasteiger partial charge >= 0.3 is 0 Å². The zero-order valence-corrected chi connectivity index (χ0v) is 9.73. The predicted molar refractivity (Wildman–Crippen MR) is 64.7 cm³/mol. The van der Waals surface area contributed by atoms with Crippen molar-refractivity contribution < 1.29 is 4.74 Å². The van der Waals surface area contributed by atoms with Crippen LogP contribution in [0.1, 0.15) is 5.56 Å². The monoisotopic (exact) mass is 222 g/mol. The van der Waals surface area contributed by atoms with Crippen molar-refractivity contribution in [1.29, 1.82) is 0 Å². The van der Waals surface area contributed by atoms with Crippen LogP contribution < -0.4 is 5.32 Å². The van der Waals surface area contributed by atoms with Gasteiger partial charge in [-0.15, -0.1) is 0 Å². The molecule has 2 aromatic rings. The van der Waals surface area contributed by atoms with Gasteiger partial charge in [-0.25, -0.2) is 4.98 Å². The number of rotatable bonds is 4. The molecule has 0 aliphatic carbocycles. The molecule has 3 nitrogen and oxygen atoms in total. The van der Waals surface area contributed by atoms with E-state index < -0.39 is 0 Å². The summed E-state index contributed by atoms with van der Waals surface area (Å²) < 4.78 is 6.19. The number of nitrogens with one attached hydrogen (secondary N) is 1. The van der Waals surface area contributed by atoms with Crippen LogP contribution in [0.2, 0.25) is 0 Å². The normalized spacial score (nSPS) is 10.8. The first-order chi connectivity index (χ1) is 7.29. The summed E-state index contributed by atoms with van der Waals surface area (Å²) in [5, 5.41) is 4.20. The molecule has 0 aliphatic heterocycles. The highest BCUT2D eigenvalue weighted by molar-refractivity contribution is 7.22. The average Bonchev–Trinajstić information content (AvgIpc) is 2.60. The van der Waals surface area contributed by atoms with E-state index in [-0.39, 0.29) is 0 Å². The first-order valence-electron chi connectivity index (χ1n) is 4.89. The molecule has 15 heavy (non-hydrogen) atoms. The maximum atomic E-state index is 4.97. The Morgan fingerprint density at radius 3 is 3.13 bits per heavy atom. The average molecular weight is 222 g/mol. The molecule has 0 amide bonds. The first kappa shape index (κ1) is 10.4. The SMILES string of the molecule is COCCNc1nc2cc(C)ccc2s1. The first-order valence-corrected chi connectivity index (χ1v) is 5.71. The second-order valence-corrected chi connectivity index (χ2v) is 4.44. The van der Waals surface area contributed by atoms with Crippen LogP contribution in [0.15, 0.2) is 18.2 Å². The smallest absolute Gasteiger partial charge is 0.183 e. The minimum Gasteiger partial charge on any atom is -0.383 e. The summed E-state index contributed by atoms with van der Waals surface area (Å²) in [5.74, 6) is 0. The predicted octanol–water partition coefficient (Wildman–Crippen LogP) is 2.66. The Morgan fingerprint density at radius 2 is 2.33 bits per heavy atom. The molecule has 0 saturated heterocycles. The largest absolute Gasteiger partial charge is 0.383 e. The zero-order chi connectivity index (χ0) is 10.7. The molecule has 4 heteroatoms. The fraction of sp³-hybridized carbons (Fsp3) is 0.364. The number of nitrogens with zero attached hydrogens (tertiary/aromatic N) is 1. The van der Waals surface area contributed by atoms with Crippen LogP contribution in [-0.4, -0.2) is 25.2 Å². The Labute approximate surface area is 93.1 Å². The highest BCUT2D eigenvalue weighted by atomic mass is 32.1. The van der Waals surface area contributed by atoms with Crippen molar-refractivity contribution in [2.45, 2.75) is 6.92 Å². The van der Waals surface area contributed by atoms with Crippen LogP contribution in [0.3, 0.4) is 0 Å². The van der Waals surface area contributed by atoms with Gasteiger partial charge in [-0.1, -0.05) is 17.4 Å². The molecule has 1 aromatic carbocycles. The number of aromatic nitrogens is 1. The molecule has 0 atom stereocenters. The molecular weight excluding hydrogens is 208 g/mol. The summed E-state index contributed by atoms with van der Waals surface area (Å²) >= 11 is 1.68. The number of benzene rings is 1. The third-order valence-corrected chi connectivity index (χ3v) is 3.12. The lowest BCUT2D eigenvalue weighted by atomic mass is 10.2. The van der Waals surface area contributed by atoms with Gasteiger partial charge in [0.1, 0.15) is 0 Å². The van der Waals surface area contributed by atoms with Crippen molar-refractivity contribution in [2.24, 2.45) is 0 Å². The molecule has 1 aromatic heterocycles. The maximum Gasteiger partial charge on any atom is 0.183 e. The fourth-order valence-corrected chi connectivity index (χ4v) is 2.24. The van der Waals surface area contributed by atoms with Gasteiger partial charge in [0.2, 0.25) is 0 Å². The van der Waals surface area contributed by atoms with Crippen molar-refractivity contribution in [3.8, 4) is 0 Å². The molecule has 0 aliphatic rings. The molecular formula is C11H14N2OS. The molecule has 0 bridgehead atoms. The number of fused-ring (bicyclic) bond motifs is 1. The third-order valence-electron chi connectivity index (χ3n) is 2.13. The van der Waals surface area contributed by atoms with Crippen molar-refractivity contribution in [2.75, 3.05) is 25.6 Å². The highest BCUT2D eigenvalue weighted by Crippen LogP contribution is 2.26. The number of methoxy groups -OCH3 is 1. The third kappa shape index (κ3) is 2.46. The fourth-order valence-electron chi connectivity index (χ4n) is 1.37. The molecule has 0 unspecified atom stereocenters. The van der Waals surface area contributed by atoms with E-state index in [0.717, 1.165) is 17.2 Å². The molecule has 1 N–H and O–H groups in total. The number of aryl methyl sites for hydroxylation is 1. The van der Waals surface area contributed by atoms with Gasteiger partial charge in [0, 0.05) is 13.7 Å². The minimum absolute atomic E-state index is 0.703. The van der Waals surface area contributed by atoms with Crippen molar-refractivity contribution in [3.05, 3.63) is 23.8 Å². The number of thiazole rings is 1. The number of hydrogen-bond acceptors (Lipinski definition) is 4. The lowest BCUT2D eigenvalue weighted by Crippen LogP contribution is -2.06. The van der Waals surface area contributed by atoms with E-state index in [4.69, 9.17) is 4.74 Å². The molecule has 80 valence electrons. The second kappa shape index (κ2) is 4.59. The van der Waals surface area contributed by atoms with E-state index in [2.05, 4.69) is 35.4 Å². The van der Waals surface area contributed by atoms with Gasteiger partial charge in [0.25, 0.3) is 0 Å². The Bertz CT molecular complexity index is 453. The maximum absolute atomic E-state index is 4.97. The molecule has 2 rings (SSSR count). The van der Waals surface area contributed by atoms with Crippen molar-refractivity contribution in [1.82, 2.24) is 4.98 Å². The molecule has 0 saturated carbocycles. The Balaban J connectivity index is 2.16. The summed E-state index contributed by atoms with van der Waals surface area (Å²) in [6, 6.07) is 6.33. The van der Waals surface area contributed by atoms with Crippen LogP contribution in [0, 0.1) is 6.92 Å². The Hall–Kier alpha value is -1.13. The van der Waals surface area contributed by atoms with Gasteiger partial charge in [0.05, 0.1) is 16.8 Å². The van der Waals surface area contributed by atoms with Crippen molar-refractivity contribution in [3.63, 3.8) is 0 Å².